The van der Waals surface area contributed by atoms with Gasteiger partial charge >= 0.3 is 0 Å². The summed E-state index contributed by atoms with van der Waals surface area (Å²) in [5, 5.41) is 0.595. The van der Waals surface area contributed by atoms with Crippen molar-refractivity contribution in [2.24, 2.45) is 0 Å². The maximum Gasteiger partial charge on any atom is 0.258 e. The van der Waals surface area contributed by atoms with E-state index in [-0.39, 0.29) is 4.90 Å². The summed E-state index contributed by atoms with van der Waals surface area (Å²) in [6.45, 7) is 1.85. The van der Waals surface area contributed by atoms with E-state index in [9.17, 15) is 13.2 Å². The van der Waals surface area contributed by atoms with E-state index in [0.717, 1.165) is 11.1 Å². The lowest BCUT2D eigenvalue weighted by Crippen LogP contribution is -2.40. The first-order chi connectivity index (χ1) is 10.9. The van der Waals surface area contributed by atoms with Crippen LogP contribution >= 0.6 is 11.6 Å². The van der Waals surface area contributed by atoms with Crippen LogP contribution in [0.4, 0.5) is 0 Å². The molecule has 0 aliphatic carbocycles. The summed E-state index contributed by atoms with van der Waals surface area (Å²) in [6, 6.07) is 13.2. The number of halogens is 1. The second-order valence-corrected chi connectivity index (χ2v) is 6.91. The molecule has 0 aliphatic rings. The van der Waals surface area contributed by atoms with Gasteiger partial charge in [-0.05, 0) is 42.8 Å². The molecule has 2 rings (SSSR count). The van der Waals surface area contributed by atoms with Gasteiger partial charge < -0.3 is 0 Å². The molecule has 2 aromatic rings. The first kappa shape index (κ1) is 17.2. The number of amides is 1. The molecule has 0 saturated carbocycles. The van der Waals surface area contributed by atoms with Gasteiger partial charge in [0.05, 0.1) is 4.90 Å². The molecule has 120 valence electrons. The lowest BCUT2D eigenvalue weighted by atomic mass is 10.2. The predicted octanol–water partition coefficient (Wildman–Crippen LogP) is 2.67. The molecule has 0 aliphatic heterocycles. The van der Waals surface area contributed by atoms with E-state index in [2.05, 4.69) is 5.43 Å². The average molecular weight is 351 g/mol. The minimum absolute atomic E-state index is 0.0741. The van der Waals surface area contributed by atoms with Crippen LogP contribution in [0.5, 0.6) is 0 Å². The van der Waals surface area contributed by atoms with Gasteiger partial charge in [-0.2, -0.15) is 0 Å². The fourth-order valence-electron chi connectivity index (χ4n) is 1.68. The zero-order valence-corrected chi connectivity index (χ0v) is 13.9. The quantitative estimate of drug-likeness (QED) is 0.643. The van der Waals surface area contributed by atoms with E-state index < -0.39 is 15.9 Å². The molecule has 7 heteroatoms. The van der Waals surface area contributed by atoms with Gasteiger partial charge in [0.15, 0.2) is 0 Å². The Kier molecular flexibility index (Phi) is 5.54. The summed E-state index contributed by atoms with van der Waals surface area (Å²) in [5.41, 5.74) is 3.84. The van der Waals surface area contributed by atoms with Crippen LogP contribution in [-0.2, 0) is 14.8 Å². The van der Waals surface area contributed by atoms with Gasteiger partial charge in [-0.25, -0.2) is 8.42 Å². The maximum absolute atomic E-state index is 12.0. The summed E-state index contributed by atoms with van der Waals surface area (Å²) < 4.78 is 24.0. The predicted molar refractivity (Wildman–Crippen MR) is 90.1 cm³/mol. The Labute approximate surface area is 140 Å². The molecule has 23 heavy (non-hydrogen) atoms. The first-order valence-corrected chi connectivity index (χ1v) is 8.55. The van der Waals surface area contributed by atoms with Crippen LogP contribution in [0.15, 0.2) is 59.5 Å². The van der Waals surface area contributed by atoms with Crippen LogP contribution in [0.25, 0.3) is 6.08 Å². The first-order valence-electron chi connectivity index (χ1n) is 6.69. The van der Waals surface area contributed by atoms with Crippen molar-refractivity contribution in [3.63, 3.8) is 0 Å². The van der Waals surface area contributed by atoms with Gasteiger partial charge in [-0.1, -0.05) is 41.4 Å². The summed E-state index contributed by atoms with van der Waals surface area (Å²) in [7, 11) is -3.79. The molecule has 0 unspecified atom stereocenters. The van der Waals surface area contributed by atoms with E-state index in [1.165, 1.54) is 18.2 Å². The number of carbonyl (C=O) groups is 1. The Balaban J connectivity index is 1.95. The van der Waals surface area contributed by atoms with E-state index in [4.69, 9.17) is 11.6 Å². The van der Waals surface area contributed by atoms with Crippen LogP contribution in [-0.4, -0.2) is 14.3 Å². The molecule has 0 atom stereocenters. The number of benzene rings is 2. The third-order valence-electron chi connectivity index (χ3n) is 2.94. The molecule has 2 N–H and O–H groups in total. The summed E-state index contributed by atoms with van der Waals surface area (Å²) in [5.74, 6) is -0.587. The molecule has 0 heterocycles. The zero-order chi connectivity index (χ0) is 16.9. The SMILES string of the molecule is Cc1ccc(S(=O)(=O)NNC(=O)/C=C/c2ccc(Cl)cc2)cc1. The van der Waals surface area contributed by atoms with Gasteiger partial charge in [-0.3, -0.25) is 10.2 Å². The van der Waals surface area contributed by atoms with Crippen LogP contribution in [0.1, 0.15) is 11.1 Å². The van der Waals surface area contributed by atoms with Crippen molar-refractivity contribution in [2.45, 2.75) is 11.8 Å². The van der Waals surface area contributed by atoms with Gasteiger partial charge in [0.1, 0.15) is 0 Å². The van der Waals surface area contributed by atoms with Crippen molar-refractivity contribution in [2.75, 3.05) is 0 Å². The number of hydrogen-bond donors (Lipinski definition) is 2. The van der Waals surface area contributed by atoms with Gasteiger partial charge in [0.2, 0.25) is 0 Å². The van der Waals surface area contributed by atoms with Gasteiger partial charge in [0, 0.05) is 11.1 Å². The molecular formula is C16H15ClN2O3S. The highest BCUT2D eigenvalue weighted by molar-refractivity contribution is 7.89. The van der Waals surface area contributed by atoms with Crippen LogP contribution in [0.2, 0.25) is 5.02 Å². The topological polar surface area (TPSA) is 75.3 Å². The highest BCUT2D eigenvalue weighted by Crippen LogP contribution is 2.11. The zero-order valence-electron chi connectivity index (χ0n) is 12.3. The van der Waals surface area contributed by atoms with Crippen LogP contribution in [0, 0.1) is 6.92 Å². The molecule has 1 amide bonds. The number of hydrogen-bond acceptors (Lipinski definition) is 3. The molecule has 2 aromatic carbocycles. The van der Waals surface area contributed by atoms with Gasteiger partial charge in [-0.15, -0.1) is 4.83 Å². The molecule has 0 fully saturated rings. The Morgan fingerprint density at radius 3 is 2.26 bits per heavy atom. The number of nitrogens with one attached hydrogen (secondary N) is 2. The molecule has 0 aromatic heterocycles. The highest BCUT2D eigenvalue weighted by Gasteiger charge is 2.13. The van der Waals surface area contributed by atoms with Crippen molar-refractivity contribution in [3.8, 4) is 0 Å². The fraction of sp³-hybridized carbons (Fsp3) is 0.0625. The minimum Gasteiger partial charge on any atom is -0.274 e. The normalized spacial score (nSPS) is 11.6. The maximum atomic E-state index is 12.0. The van der Waals surface area contributed by atoms with Crippen molar-refractivity contribution in [1.29, 1.82) is 0 Å². The average Bonchev–Trinajstić information content (AvgIpc) is 2.53. The molecule has 0 saturated heterocycles. The van der Waals surface area contributed by atoms with Crippen molar-refractivity contribution in [3.05, 3.63) is 70.8 Å². The lowest BCUT2D eigenvalue weighted by Gasteiger charge is -2.07. The Bertz CT molecular complexity index is 813. The summed E-state index contributed by atoms with van der Waals surface area (Å²) >= 11 is 5.76. The van der Waals surface area contributed by atoms with E-state index in [1.54, 1.807) is 42.5 Å². The largest absolute Gasteiger partial charge is 0.274 e. The van der Waals surface area contributed by atoms with Crippen LogP contribution in [0.3, 0.4) is 0 Å². The van der Waals surface area contributed by atoms with Gasteiger partial charge in [0.25, 0.3) is 15.9 Å². The lowest BCUT2D eigenvalue weighted by molar-refractivity contribution is -0.116. The van der Waals surface area contributed by atoms with Crippen LogP contribution < -0.4 is 10.3 Å². The molecule has 0 spiro atoms. The third kappa shape index (κ3) is 5.21. The molecule has 0 bridgehead atoms. The molecule has 0 radical (unpaired) electrons. The Hall–Kier alpha value is -2.15. The number of hydrazine groups is 1. The second kappa shape index (κ2) is 7.41. The monoisotopic (exact) mass is 350 g/mol. The van der Waals surface area contributed by atoms with Crippen molar-refractivity contribution < 1.29 is 13.2 Å². The number of rotatable bonds is 5. The second-order valence-electron chi connectivity index (χ2n) is 4.79. The highest BCUT2D eigenvalue weighted by atomic mass is 35.5. The van der Waals surface area contributed by atoms with E-state index in [1.807, 2.05) is 11.8 Å². The van der Waals surface area contributed by atoms with Crippen molar-refractivity contribution >= 4 is 33.6 Å². The number of carbonyl (C=O) groups excluding carboxylic acids is 1. The number of aryl methyl sites for hydroxylation is 1. The summed E-state index contributed by atoms with van der Waals surface area (Å²) in [6.07, 6.45) is 2.77. The Morgan fingerprint density at radius 1 is 1.04 bits per heavy atom. The molecule has 5 nitrogen and oxygen atoms in total. The van der Waals surface area contributed by atoms with Crippen molar-refractivity contribution in [1.82, 2.24) is 10.3 Å². The molecular weight excluding hydrogens is 336 g/mol. The third-order valence-corrected chi connectivity index (χ3v) is 4.45. The fourth-order valence-corrected chi connectivity index (χ4v) is 2.65. The number of sulfonamides is 1. The Morgan fingerprint density at radius 2 is 1.65 bits per heavy atom. The van der Waals surface area contributed by atoms with E-state index >= 15 is 0 Å². The minimum atomic E-state index is -3.79. The summed E-state index contributed by atoms with van der Waals surface area (Å²) in [4.78, 5) is 13.8. The smallest absolute Gasteiger partial charge is 0.258 e. The van der Waals surface area contributed by atoms with E-state index in [0.29, 0.717) is 5.02 Å². The standard InChI is InChI=1S/C16H15ClN2O3S/c1-12-2-9-15(10-3-12)23(21,22)19-18-16(20)11-6-13-4-7-14(17)8-5-13/h2-11,19H,1H3,(H,18,20)/b11-6+.